The smallest absolute Gasteiger partial charge is 0.294 e. The van der Waals surface area contributed by atoms with Gasteiger partial charge < -0.3 is 9.52 Å². The zero-order chi connectivity index (χ0) is 23.3. The lowest BCUT2D eigenvalue weighted by Crippen LogP contribution is -2.31. The number of hydrogen-bond acceptors (Lipinski definition) is 4. The summed E-state index contributed by atoms with van der Waals surface area (Å²) in [6.07, 6.45) is 0. The number of Topliss-reactive ketones (excluding diaryl/α,β-unsaturated/α-hetero) is 1. The van der Waals surface area contributed by atoms with Gasteiger partial charge in [-0.1, -0.05) is 45.7 Å². The summed E-state index contributed by atoms with van der Waals surface area (Å²) < 4.78 is 20.5. The summed E-state index contributed by atoms with van der Waals surface area (Å²) in [6, 6.07) is 17.7. The van der Waals surface area contributed by atoms with Crippen molar-refractivity contribution in [3.05, 3.63) is 111 Å². The molecule has 1 amide bonds. The van der Waals surface area contributed by atoms with Crippen molar-refractivity contribution >= 4 is 55.9 Å². The average molecular weight is 527 g/mol. The fourth-order valence-electron chi connectivity index (χ4n) is 3.95. The van der Waals surface area contributed by atoms with Gasteiger partial charge in [-0.3, -0.25) is 14.5 Å². The first-order valence-electron chi connectivity index (χ1n) is 9.85. The number of furan rings is 1. The van der Waals surface area contributed by atoms with Crippen molar-refractivity contribution in [2.45, 2.75) is 6.04 Å². The number of ketones is 1. The number of fused-ring (bicyclic) bond motifs is 1. The van der Waals surface area contributed by atoms with Crippen LogP contribution in [0.3, 0.4) is 0 Å². The van der Waals surface area contributed by atoms with E-state index in [2.05, 4.69) is 15.9 Å². The number of anilines is 1. The number of nitrogens with zero attached hydrogens (tertiary/aromatic N) is 1. The topological polar surface area (TPSA) is 70.8 Å². The molecule has 3 aromatic carbocycles. The Hall–Kier alpha value is -3.42. The van der Waals surface area contributed by atoms with Crippen molar-refractivity contribution in [3.8, 4) is 0 Å². The monoisotopic (exact) mass is 525 g/mol. The van der Waals surface area contributed by atoms with E-state index in [0.717, 1.165) is 4.47 Å². The molecule has 164 valence electrons. The molecule has 5 rings (SSSR count). The highest BCUT2D eigenvalue weighted by atomic mass is 79.9. The van der Waals surface area contributed by atoms with Crippen molar-refractivity contribution in [2.24, 2.45) is 0 Å². The van der Waals surface area contributed by atoms with E-state index < -0.39 is 29.3 Å². The number of rotatable bonds is 4. The lowest BCUT2D eigenvalue weighted by atomic mass is 9.94. The number of benzene rings is 3. The normalized spacial score (nSPS) is 16.2. The lowest BCUT2D eigenvalue weighted by Gasteiger charge is -2.26. The molecule has 4 aromatic rings. The number of hydrogen-bond donors (Lipinski definition) is 1. The summed E-state index contributed by atoms with van der Waals surface area (Å²) in [4.78, 5) is 27.8. The highest BCUT2D eigenvalue weighted by Crippen LogP contribution is 2.42. The molecule has 33 heavy (non-hydrogen) atoms. The molecule has 1 atom stereocenters. The summed E-state index contributed by atoms with van der Waals surface area (Å²) >= 11 is 9.40. The first kappa shape index (κ1) is 21.4. The zero-order valence-electron chi connectivity index (χ0n) is 16.8. The van der Waals surface area contributed by atoms with Gasteiger partial charge in [0.15, 0.2) is 11.5 Å². The molecule has 0 saturated carbocycles. The predicted octanol–water partition coefficient (Wildman–Crippen LogP) is 6.77. The van der Waals surface area contributed by atoms with Crippen LogP contribution in [0.2, 0.25) is 5.02 Å². The van der Waals surface area contributed by atoms with E-state index in [1.54, 1.807) is 48.5 Å². The SMILES string of the molecule is O=C(C1=C(O)C(=O)N(c2cccc(F)c2)C1c1ccc(Cl)cc1)c1cc2cc(Br)ccc2o1. The molecule has 5 nitrogen and oxygen atoms in total. The quantitative estimate of drug-likeness (QED) is 0.298. The molecule has 1 aliphatic heterocycles. The van der Waals surface area contributed by atoms with Crippen LogP contribution < -0.4 is 4.90 Å². The second-order valence-corrected chi connectivity index (χ2v) is 8.85. The largest absolute Gasteiger partial charge is 0.503 e. The van der Waals surface area contributed by atoms with Crippen LogP contribution in [0, 0.1) is 5.82 Å². The van der Waals surface area contributed by atoms with Crippen LogP contribution in [0.4, 0.5) is 10.1 Å². The van der Waals surface area contributed by atoms with Crippen molar-refractivity contribution in [1.29, 1.82) is 0 Å². The zero-order valence-corrected chi connectivity index (χ0v) is 19.1. The Kier molecular flexibility index (Phi) is 5.31. The van der Waals surface area contributed by atoms with E-state index in [1.807, 2.05) is 0 Å². The van der Waals surface area contributed by atoms with Gasteiger partial charge in [0.2, 0.25) is 5.78 Å². The third-order valence-electron chi connectivity index (χ3n) is 5.43. The van der Waals surface area contributed by atoms with E-state index in [0.29, 0.717) is 21.6 Å². The highest BCUT2D eigenvalue weighted by molar-refractivity contribution is 9.10. The third kappa shape index (κ3) is 3.73. The molecule has 1 aromatic heterocycles. The van der Waals surface area contributed by atoms with Gasteiger partial charge in [-0.05, 0) is 60.2 Å². The van der Waals surface area contributed by atoms with Crippen molar-refractivity contribution in [2.75, 3.05) is 4.90 Å². The minimum absolute atomic E-state index is 0.0301. The minimum Gasteiger partial charge on any atom is -0.503 e. The summed E-state index contributed by atoms with van der Waals surface area (Å²) in [5.74, 6) is -2.77. The van der Waals surface area contributed by atoms with E-state index in [4.69, 9.17) is 16.0 Å². The maximum atomic E-state index is 14.0. The van der Waals surface area contributed by atoms with Gasteiger partial charge in [-0.15, -0.1) is 0 Å². The van der Waals surface area contributed by atoms with Gasteiger partial charge in [0.05, 0.1) is 11.6 Å². The number of aliphatic hydroxyl groups excluding tert-OH is 1. The van der Waals surface area contributed by atoms with Crippen LogP contribution >= 0.6 is 27.5 Å². The molecule has 0 aliphatic carbocycles. The van der Waals surface area contributed by atoms with Gasteiger partial charge >= 0.3 is 0 Å². The molecule has 0 radical (unpaired) electrons. The van der Waals surface area contributed by atoms with Crippen molar-refractivity contribution in [1.82, 2.24) is 0 Å². The third-order valence-corrected chi connectivity index (χ3v) is 6.17. The fourth-order valence-corrected chi connectivity index (χ4v) is 4.45. The molecule has 1 aliphatic rings. The van der Waals surface area contributed by atoms with Crippen molar-refractivity contribution < 1.29 is 23.5 Å². The number of halogens is 3. The van der Waals surface area contributed by atoms with E-state index in [9.17, 15) is 19.1 Å². The second-order valence-electron chi connectivity index (χ2n) is 7.49. The van der Waals surface area contributed by atoms with Gasteiger partial charge in [-0.25, -0.2) is 4.39 Å². The van der Waals surface area contributed by atoms with E-state index >= 15 is 0 Å². The van der Waals surface area contributed by atoms with Crippen LogP contribution in [0.5, 0.6) is 0 Å². The maximum Gasteiger partial charge on any atom is 0.294 e. The summed E-state index contributed by atoms with van der Waals surface area (Å²) in [7, 11) is 0. The standard InChI is InChI=1S/C25H14BrClFNO4/c26-15-6-9-19-14(10-15)11-20(33-19)23(30)21-22(13-4-7-16(27)8-5-13)29(25(32)24(21)31)18-3-1-2-17(28)12-18/h1-12,22,31H. The average Bonchev–Trinajstić information content (AvgIpc) is 3.32. The molecule has 0 bridgehead atoms. The Bertz CT molecular complexity index is 1460. The second kappa shape index (κ2) is 8.17. The number of aliphatic hydroxyl groups is 1. The number of carbonyl (C=O) groups is 2. The highest BCUT2D eigenvalue weighted by Gasteiger charge is 2.45. The predicted molar refractivity (Wildman–Crippen MR) is 126 cm³/mol. The summed E-state index contributed by atoms with van der Waals surface area (Å²) in [5.41, 5.74) is 1.03. The molecule has 2 heterocycles. The summed E-state index contributed by atoms with van der Waals surface area (Å²) in [5, 5.41) is 11.9. The Balaban J connectivity index is 1.66. The maximum absolute atomic E-state index is 14.0. The molecule has 1 unspecified atom stereocenters. The number of amides is 1. The van der Waals surface area contributed by atoms with Gasteiger partial charge in [-0.2, -0.15) is 0 Å². The molecule has 8 heteroatoms. The lowest BCUT2D eigenvalue weighted by molar-refractivity contribution is -0.117. The molecule has 0 saturated heterocycles. The Morgan fingerprint density at radius 1 is 1.06 bits per heavy atom. The van der Waals surface area contributed by atoms with Crippen LogP contribution in [0.15, 0.2) is 93.0 Å². The van der Waals surface area contributed by atoms with Crippen LogP contribution in [0.25, 0.3) is 11.0 Å². The Morgan fingerprint density at radius 3 is 2.55 bits per heavy atom. The van der Waals surface area contributed by atoms with Crippen molar-refractivity contribution in [3.63, 3.8) is 0 Å². The molecule has 0 fully saturated rings. The molecular formula is C25H14BrClFNO4. The van der Waals surface area contributed by atoms with Gasteiger partial charge in [0.25, 0.3) is 5.91 Å². The Morgan fingerprint density at radius 2 is 1.82 bits per heavy atom. The molecule has 1 N–H and O–H groups in total. The van der Waals surface area contributed by atoms with E-state index in [-0.39, 0.29) is 17.0 Å². The van der Waals surface area contributed by atoms with E-state index in [1.165, 1.54) is 29.2 Å². The minimum atomic E-state index is -1.01. The van der Waals surface area contributed by atoms with Crippen LogP contribution in [0.1, 0.15) is 22.2 Å². The summed E-state index contributed by atoms with van der Waals surface area (Å²) in [6.45, 7) is 0. The first-order chi connectivity index (χ1) is 15.8. The molecule has 0 spiro atoms. The fraction of sp³-hybridized carbons (Fsp3) is 0.0400. The van der Waals surface area contributed by atoms with Crippen LogP contribution in [-0.4, -0.2) is 16.8 Å². The Labute approximate surface area is 200 Å². The first-order valence-corrected chi connectivity index (χ1v) is 11.0. The van der Waals surface area contributed by atoms with Gasteiger partial charge in [0, 0.05) is 20.6 Å². The van der Waals surface area contributed by atoms with Gasteiger partial charge in [0.1, 0.15) is 11.4 Å². The molecular weight excluding hydrogens is 513 g/mol. The number of carbonyl (C=O) groups excluding carboxylic acids is 2. The van der Waals surface area contributed by atoms with Crippen LogP contribution in [-0.2, 0) is 4.79 Å².